The van der Waals surface area contributed by atoms with Crippen LogP contribution in [0.3, 0.4) is 0 Å². The third-order valence-electron chi connectivity index (χ3n) is 4.84. The lowest BCUT2D eigenvalue weighted by molar-refractivity contribution is 0.544. The van der Waals surface area contributed by atoms with E-state index in [2.05, 4.69) is 0 Å². The Morgan fingerprint density at radius 3 is 2.24 bits per heavy atom. The zero-order chi connectivity index (χ0) is 11.8. The summed E-state index contributed by atoms with van der Waals surface area (Å²) in [6.07, 6.45) is 1.03. The largest absolute Gasteiger partial charge is 0.223 e. The van der Waals surface area contributed by atoms with E-state index in [0.717, 1.165) is 6.42 Å². The lowest BCUT2D eigenvalue weighted by Gasteiger charge is -2.17. The van der Waals surface area contributed by atoms with Gasteiger partial charge in [-0.25, -0.2) is 8.42 Å². The van der Waals surface area contributed by atoms with Crippen molar-refractivity contribution in [2.75, 3.05) is 0 Å². The van der Waals surface area contributed by atoms with Crippen LogP contribution in [0.4, 0.5) is 0 Å². The Bertz CT molecular complexity index is 568. The molecule has 0 saturated heterocycles. The first-order valence-corrected chi connectivity index (χ1v) is 8.03. The summed E-state index contributed by atoms with van der Waals surface area (Å²) in [7, 11) is -3.17. The summed E-state index contributed by atoms with van der Waals surface area (Å²) in [5.41, 5.74) is 0. The third kappa shape index (κ3) is 1.14. The van der Waals surface area contributed by atoms with Gasteiger partial charge in [0.2, 0.25) is 0 Å². The van der Waals surface area contributed by atoms with Crippen molar-refractivity contribution < 1.29 is 8.42 Å². The third-order valence-corrected chi connectivity index (χ3v) is 7.77. The van der Waals surface area contributed by atoms with Gasteiger partial charge in [0, 0.05) is 5.38 Å². The summed E-state index contributed by atoms with van der Waals surface area (Å²) >= 11 is 6.32. The summed E-state index contributed by atoms with van der Waals surface area (Å²) in [5.74, 6) is 1.64. The highest BCUT2D eigenvalue weighted by molar-refractivity contribution is 7.92. The van der Waals surface area contributed by atoms with Gasteiger partial charge in [-0.15, -0.1) is 11.6 Å². The molecule has 5 rings (SSSR count). The second kappa shape index (κ2) is 3.07. The minimum atomic E-state index is -3.17. The molecule has 0 heterocycles. The lowest BCUT2D eigenvalue weighted by atomic mass is 10.1. The maximum atomic E-state index is 12.6. The van der Waals surface area contributed by atoms with Crippen LogP contribution in [0.5, 0.6) is 0 Å². The van der Waals surface area contributed by atoms with E-state index in [1.165, 1.54) is 0 Å². The molecule has 4 fully saturated rings. The van der Waals surface area contributed by atoms with E-state index < -0.39 is 9.84 Å². The zero-order valence-electron chi connectivity index (χ0n) is 9.16. The van der Waals surface area contributed by atoms with Crippen LogP contribution < -0.4 is 0 Å². The van der Waals surface area contributed by atoms with Crippen LogP contribution in [0.1, 0.15) is 6.42 Å². The molecule has 0 unspecified atom stereocenters. The van der Waals surface area contributed by atoms with Crippen molar-refractivity contribution in [1.82, 2.24) is 0 Å². The molecule has 4 heteroatoms. The molecule has 0 N–H and O–H groups in total. The fourth-order valence-corrected chi connectivity index (χ4v) is 7.28. The van der Waals surface area contributed by atoms with Gasteiger partial charge in [-0.1, -0.05) is 18.2 Å². The molecule has 4 aliphatic carbocycles. The SMILES string of the molecule is O=S(=O)(c1ccccc1)[C@H]1[C@H]2C[C@H]3[C@@H]([C@@H]2Cl)[C@@H]31. The molecule has 6 atom stereocenters. The molecule has 0 aromatic heterocycles. The molecule has 0 radical (unpaired) electrons. The first-order valence-electron chi connectivity index (χ1n) is 6.05. The Labute approximate surface area is 106 Å². The molecule has 17 heavy (non-hydrogen) atoms. The summed E-state index contributed by atoms with van der Waals surface area (Å²) in [6.45, 7) is 0. The van der Waals surface area contributed by atoms with Gasteiger partial charge in [-0.2, -0.15) is 0 Å². The van der Waals surface area contributed by atoms with Crippen molar-refractivity contribution in [1.29, 1.82) is 0 Å². The summed E-state index contributed by atoms with van der Waals surface area (Å²) in [5, 5.41) is -0.101. The van der Waals surface area contributed by atoms with Crippen LogP contribution in [0.2, 0.25) is 0 Å². The van der Waals surface area contributed by atoms with Gasteiger partial charge >= 0.3 is 0 Å². The van der Waals surface area contributed by atoms with E-state index in [1.807, 2.05) is 6.07 Å². The number of hydrogen-bond acceptors (Lipinski definition) is 2. The first-order chi connectivity index (χ1) is 8.12. The second-order valence-corrected chi connectivity index (χ2v) is 8.09. The van der Waals surface area contributed by atoms with Crippen LogP contribution in [-0.2, 0) is 9.84 Å². The van der Waals surface area contributed by atoms with Crippen molar-refractivity contribution in [3.8, 4) is 0 Å². The number of benzene rings is 1. The standard InChI is InChI=1S/C13H13ClO2S/c14-12-9-6-8-10(12)11(8)13(9)17(15,16)7-4-2-1-3-5-7/h1-5,8-13H,6H2/t8-,9-,10+,11+,12+,13-/m0/s1. The predicted molar refractivity (Wildman–Crippen MR) is 65.6 cm³/mol. The molecule has 1 aromatic carbocycles. The average molecular weight is 269 g/mol. The van der Waals surface area contributed by atoms with Gasteiger partial charge < -0.3 is 0 Å². The van der Waals surface area contributed by atoms with Crippen LogP contribution in [0.25, 0.3) is 0 Å². The van der Waals surface area contributed by atoms with Gasteiger partial charge in [-0.3, -0.25) is 0 Å². The van der Waals surface area contributed by atoms with Crippen molar-refractivity contribution in [3.63, 3.8) is 0 Å². The smallest absolute Gasteiger partial charge is 0.181 e. The Morgan fingerprint density at radius 2 is 1.76 bits per heavy atom. The highest BCUT2D eigenvalue weighted by atomic mass is 35.5. The molecule has 1 aromatic rings. The van der Waals surface area contributed by atoms with Gasteiger partial charge in [0.05, 0.1) is 10.1 Å². The Balaban J connectivity index is 1.78. The lowest BCUT2D eigenvalue weighted by Crippen LogP contribution is -2.27. The number of halogens is 1. The number of rotatable bonds is 2. The molecule has 0 aliphatic heterocycles. The molecule has 0 amide bonds. The van der Waals surface area contributed by atoms with E-state index in [4.69, 9.17) is 11.6 Å². The summed E-state index contributed by atoms with van der Waals surface area (Å²) < 4.78 is 25.2. The maximum absolute atomic E-state index is 12.6. The topological polar surface area (TPSA) is 34.1 Å². The fraction of sp³-hybridized carbons (Fsp3) is 0.538. The summed E-state index contributed by atoms with van der Waals surface area (Å²) in [6, 6.07) is 8.82. The minimum Gasteiger partial charge on any atom is -0.223 e. The van der Waals surface area contributed by atoms with E-state index in [1.54, 1.807) is 24.3 Å². The predicted octanol–water partition coefficient (Wildman–Crippen LogP) is 2.33. The molecule has 4 saturated carbocycles. The van der Waals surface area contributed by atoms with E-state index in [0.29, 0.717) is 22.6 Å². The first kappa shape index (κ1) is 10.4. The van der Waals surface area contributed by atoms with Gasteiger partial charge in [0.15, 0.2) is 9.84 Å². The number of hydrogen-bond donors (Lipinski definition) is 0. The highest BCUT2D eigenvalue weighted by Gasteiger charge is 2.76. The second-order valence-electron chi connectivity index (χ2n) is 5.49. The molecule has 2 nitrogen and oxygen atoms in total. The maximum Gasteiger partial charge on any atom is 0.181 e. The van der Waals surface area contributed by atoms with E-state index in [9.17, 15) is 8.42 Å². The minimum absolute atomic E-state index is 0.105. The van der Waals surface area contributed by atoms with Crippen molar-refractivity contribution in [3.05, 3.63) is 30.3 Å². The summed E-state index contributed by atoms with van der Waals surface area (Å²) in [4.78, 5) is 0.465. The monoisotopic (exact) mass is 268 g/mol. The molecule has 0 spiro atoms. The molecule has 4 bridgehead atoms. The quantitative estimate of drug-likeness (QED) is 0.772. The highest BCUT2D eigenvalue weighted by Crippen LogP contribution is 2.73. The van der Waals surface area contributed by atoms with Crippen LogP contribution in [0.15, 0.2) is 35.2 Å². The van der Waals surface area contributed by atoms with Gasteiger partial charge in [0.1, 0.15) is 0 Å². The number of sulfone groups is 1. The van der Waals surface area contributed by atoms with Crippen molar-refractivity contribution in [2.45, 2.75) is 21.9 Å². The fourth-order valence-electron chi connectivity index (χ4n) is 4.19. The van der Waals surface area contributed by atoms with Crippen molar-refractivity contribution >= 4 is 21.4 Å². The van der Waals surface area contributed by atoms with Crippen molar-refractivity contribution in [2.24, 2.45) is 23.7 Å². The number of alkyl halides is 1. The normalized spacial score (nSPS) is 46.2. The van der Waals surface area contributed by atoms with Gasteiger partial charge in [-0.05, 0) is 42.2 Å². The molecular formula is C13H13ClO2S. The Morgan fingerprint density at radius 1 is 1.06 bits per heavy atom. The Kier molecular flexibility index (Phi) is 1.87. The molecular weight excluding hydrogens is 256 g/mol. The van der Waals surface area contributed by atoms with Crippen LogP contribution in [-0.4, -0.2) is 19.0 Å². The average Bonchev–Trinajstić information content (AvgIpc) is 2.64. The van der Waals surface area contributed by atoms with E-state index >= 15 is 0 Å². The zero-order valence-corrected chi connectivity index (χ0v) is 10.7. The molecule has 90 valence electrons. The van der Waals surface area contributed by atoms with E-state index in [-0.39, 0.29) is 16.5 Å². The van der Waals surface area contributed by atoms with Gasteiger partial charge in [0.25, 0.3) is 0 Å². The molecule has 4 aliphatic rings. The Hall–Kier alpha value is -0.540. The van der Waals surface area contributed by atoms with Crippen LogP contribution >= 0.6 is 11.6 Å². The van der Waals surface area contributed by atoms with Crippen LogP contribution in [0, 0.1) is 23.7 Å².